The van der Waals surface area contributed by atoms with Gasteiger partial charge in [-0.25, -0.2) is 8.42 Å². The van der Waals surface area contributed by atoms with Gasteiger partial charge in [0.1, 0.15) is 0 Å². The minimum Gasteiger partial charge on any atom is -0.379 e. The van der Waals surface area contributed by atoms with Crippen LogP contribution >= 0.6 is 0 Å². The first kappa shape index (κ1) is 15.5. The van der Waals surface area contributed by atoms with Gasteiger partial charge in [-0.2, -0.15) is 4.31 Å². The van der Waals surface area contributed by atoms with Gasteiger partial charge in [0.15, 0.2) is 0 Å². The van der Waals surface area contributed by atoms with Crippen LogP contribution in [0.15, 0.2) is 29.2 Å². The van der Waals surface area contributed by atoms with E-state index in [1.165, 1.54) is 22.5 Å². The second kappa shape index (κ2) is 6.72. The molecule has 1 aromatic carbocycles. The molecule has 112 valence electrons. The number of carbonyl (C=O) groups excluding carboxylic acids is 1. The fourth-order valence-corrected chi connectivity index (χ4v) is 3.42. The Kier molecular flexibility index (Phi) is 4.96. The Hall–Kier alpha value is -1.88. The Morgan fingerprint density at radius 3 is 2.76 bits per heavy atom. The van der Waals surface area contributed by atoms with E-state index in [9.17, 15) is 13.2 Å². The highest BCUT2D eigenvalue weighted by Crippen LogP contribution is 2.18. The molecule has 7 heteroatoms. The van der Waals surface area contributed by atoms with Gasteiger partial charge >= 0.3 is 0 Å². The van der Waals surface area contributed by atoms with Gasteiger partial charge in [-0.3, -0.25) is 4.79 Å². The highest BCUT2D eigenvalue weighted by atomic mass is 32.2. The fourth-order valence-electron chi connectivity index (χ4n) is 1.97. The Balaban J connectivity index is 2.24. The molecule has 0 atom stereocenters. The van der Waals surface area contributed by atoms with E-state index in [0.29, 0.717) is 26.3 Å². The summed E-state index contributed by atoms with van der Waals surface area (Å²) in [5.74, 6) is 1.90. The van der Waals surface area contributed by atoms with Crippen LogP contribution in [0, 0.1) is 12.3 Å². The average Bonchev–Trinajstić information content (AvgIpc) is 2.53. The second-order valence-corrected chi connectivity index (χ2v) is 6.37. The quantitative estimate of drug-likeness (QED) is 0.799. The van der Waals surface area contributed by atoms with Gasteiger partial charge < -0.3 is 10.1 Å². The lowest BCUT2D eigenvalue weighted by molar-refractivity contribution is 0.0730. The van der Waals surface area contributed by atoms with E-state index < -0.39 is 15.9 Å². The van der Waals surface area contributed by atoms with Crippen LogP contribution in [0.2, 0.25) is 0 Å². The summed E-state index contributed by atoms with van der Waals surface area (Å²) in [5, 5.41) is 2.50. The molecular formula is C14H16N2O4S. The van der Waals surface area contributed by atoms with Crippen molar-refractivity contribution in [3.05, 3.63) is 29.8 Å². The molecule has 1 saturated heterocycles. The number of carbonyl (C=O) groups is 1. The van der Waals surface area contributed by atoms with Crippen LogP contribution < -0.4 is 5.32 Å². The zero-order chi connectivity index (χ0) is 15.3. The standard InChI is InChI=1S/C14H16N2O4S/c1-2-6-15-14(17)12-4-3-5-13(11-12)21(18,19)16-7-9-20-10-8-16/h1,3-5,11H,6-10H2,(H,15,17). The fraction of sp³-hybridized carbons (Fsp3) is 0.357. The normalized spacial score (nSPS) is 16.1. The Labute approximate surface area is 124 Å². The number of nitrogens with one attached hydrogen (secondary N) is 1. The van der Waals surface area contributed by atoms with E-state index in [1.807, 2.05) is 0 Å². The molecule has 1 amide bonds. The molecule has 0 aromatic heterocycles. The van der Waals surface area contributed by atoms with Gasteiger partial charge in [-0.1, -0.05) is 12.0 Å². The third-order valence-corrected chi connectivity index (χ3v) is 4.95. The number of amides is 1. The maximum atomic E-state index is 12.5. The van der Waals surface area contributed by atoms with Crippen LogP contribution in [0.5, 0.6) is 0 Å². The molecule has 0 spiro atoms. The van der Waals surface area contributed by atoms with E-state index >= 15 is 0 Å². The number of sulfonamides is 1. The first-order valence-electron chi connectivity index (χ1n) is 6.45. The van der Waals surface area contributed by atoms with Gasteiger partial charge in [0.2, 0.25) is 10.0 Å². The summed E-state index contributed by atoms with van der Waals surface area (Å²) in [6.07, 6.45) is 5.07. The maximum absolute atomic E-state index is 12.5. The average molecular weight is 308 g/mol. The summed E-state index contributed by atoms with van der Waals surface area (Å²) in [5.41, 5.74) is 0.264. The number of benzene rings is 1. The van der Waals surface area contributed by atoms with E-state index in [4.69, 9.17) is 11.2 Å². The third-order valence-electron chi connectivity index (χ3n) is 3.06. The minimum absolute atomic E-state index is 0.0951. The highest BCUT2D eigenvalue weighted by Gasteiger charge is 2.26. The predicted molar refractivity (Wildman–Crippen MR) is 77.2 cm³/mol. The number of nitrogens with zero attached hydrogens (tertiary/aromatic N) is 1. The molecular weight excluding hydrogens is 292 g/mol. The number of morpholine rings is 1. The molecule has 21 heavy (non-hydrogen) atoms. The number of terminal acetylenes is 1. The molecule has 0 bridgehead atoms. The Morgan fingerprint density at radius 2 is 2.10 bits per heavy atom. The molecule has 1 aliphatic rings. The van der Waals surface area contributed by atoms with Crippen LogP contribution in [0.1, 0.15) is 10.4 Å². The summed E-state index contributed by atoms with van der Waals surface area (Å²) < 4.78 is 31.5. The summed E-state index contributed by atoms with van der Waals surface area (Å²) in [7, 11) is -3.61. The first-order valence-corrected chi connectivity index (χ1v) is 7.89. The van der Waals surface area contributed by atoms with Crippen molar-refractivity contribution in [2.45, 2.75) is 4.90 Å². The predicted octanol–water partition coefficient (Wildman–Crippen LogP) is 0.0705. The maximum Gasteiger partial charge on any atom is 0.252 e. The molecule has 2 rings (SSSR count). The Morgan fingerprint density at radius 1 is 1.38 bits per heavy atom. The Bertz CT molecular complexity index is 658. The molecule has 6 nitrogen and oxygen atoms in total. The highest BCUT2D eigenvalue weighted by molar-refractivity contribution is 7.89. The second-order valence-electron chi connectivity index (χ2n) is 4.43. The van der Waals surface area contributed by atoms with Gasteiger partial charge in [0.25, 0.3) is 5.91 Å². The van der Waals surface area contributed by atoms with Crippen molar-refractivity contribution in [2.75, 3.05) is 32.8 Å². The van der Waals surface area contributed by atoms with Crippen LogP contribution in [0.25, 0.3) is 0 Å². The van der Waals surface area contributed by atoms with Crippen molar-refractivity contribution in [1.29, 1.82) is 0 Å². The number of rotatable bonds is 4. The van der Waals surface area contributed by atoms with E-state index in [1.54, 1.807) is 6.07 Å². The van der Waals surface area contributed by atoms with Crippen molar-refractivity contribution in [3.63, 3.8) is 0 Å². The van der Waals surface area contributed by atoms with Crippen molar-refractivity contribution in [2.24, 2.45) is 0 Å². The SMILES string of the molecule is C#CCNC(=O)c1cccc(S(=O)(=O)N2CCOCC2)c1. The smallest absolute Gasteiger partial charge is 0.252 e. The largest absolute Gasteiger partial charge is 0.379 e. The molecule has 0 saturated carbocycles. The summed E-state index contributed by atoms with van der Waals surface area (Å²) in [6, 6.07) is 5.92. The lowest BCUT2D eigenvalue weighted by atomic mass is 10.2. The van der Waals surface area contributed by atoms with Crippen LogP contribution in [-0.2, 0) is 14.8 Å². The molecule has 0 unspecified atom stereocenters. The van der Waals surface area contributed by atoms with Gasteiger partial charge in [-0.05, 0) is 18.2 Å². The van der Waals surface area contributed by atoms with Crippen molar-refractivity contribution < 1.29 is 17.9 Å². The molecule has 1 heterocycles. The number of hydrogen-bond donors (Lipinski definition) is 1. The molecule has 1 aliphatic heterocycles. The van der Waals surface area contributed by atoms with E-state index in [0.717, 1.165) is 0 Å². The van der Waals surface area contributed by atoms with Crippen molar-refractivity contribution in [3.8, 4) is 12.3 Å². The van der Waals surface area contributed by atoms with Gasteiger partial charge in [0, 0.05) is 18.7 Å². The minimum atomic E-state index is -3.61. The van der Waals surface area contributed by atoms with Crippen molar-refractivity contribution >= 4 is 15.9 Å². The van der Waals surface area contributed by atoms with Crippen molar-refractivity contribution in [1.82, 2.24) is 9.62 Å². The topological polar surface area (TPSA) is 75.7 Å². The van der Waals surface area contributed by atoms with Crippen LogP contribution in [0.3, 0.4) is 0 Å². The van der Waals surface area contributed by atoms with Crippen LogP contribution in [-0.4, -0.2) is 51.5 Å². The van der Waals surface area contributed by atoms with Gasteiger partial charge in [0.05, 0.1) is 24.7 Å². The summed E-state index contributed by atoms with van der Waals surface area (Å²) in [4.78, 5) is 11.9. The molecule has 1 fully saturated rings. The monoisotopic (exact) mass is 308 g/mol. The third kappa shape index (κ3) is 3.61. The zero-order valence-corrected chi connectivity index (χ0v) is 12.2. The number of hydrogen-bond acceptors (Lipinski definition) is 4. The molecule has 1 aromatic rings. The summed E-state index contributed by atoms with van der Waals surface area (Å²) in [6.45, 7) is 1.48. The van der Waals surface area contributed by atoms with Crippen LogP contribution in [0.4, 0.5) is 0 Å². The van der Waals surface area contributed by atoms with E-state index in [2.05, 4.69) is 11.2 Å². The van der Waals surface area contributed by atoms with Gasteiger partial charge in [-0.15, -0.1) is 6.42 Å². The molecule has 0 aliphatic carbocycles. The lowest BCUT2D eigenvalue weighted by Crippen LogP contribution is -2.40. The van der Waals surface area contributed by atoms with E-state index in [-0.39, 0.29) is 17.0 Å². The summed E-state index contributed by atoms with van der Waals surface area (Å²) >= 11 is 0. The lowest BCUT2D eigenvalue weighted by Gasteiger charge is -2.26. The number of ether oxygens (including phenoxy) is 1. The molecule has 0 radical (unpaired) electrons. The first-order chi connectivity index (χ1) is 10.1. The molecule has 1 N–H and O–H groups in total. The zero-order valence-electron chi connectivity index (χ0n) is 11.4.